The Hall–Kier alpha value is -2.56. The number of anilines is 1. The number of fused-ring (bicyclic) bond motifs is 1. The molecule has 3 N–H and O–H groups in total. The molecule has 1 aliphatic heterocycles. The van der Waals surface area contributed by atoms with Crippen molar-refractivity contribution in [1.29, 1.82) is 0 Å². The summed E-state index contributed by atoms with van der Waals surface area (Å²) >= 11 is 0. The van der Waals surface area contributed by atoms with Crippen LogP contribution in [0.1, 0.15) is 28.5 Å². The number of carbonyl (C=O) groups is 1. The van der Waals surface area contributed by atoms with Crippen LogP contribution in [0.4, 0.5) is 5.82 Å². The Morgan fingerprint density at radius 2 is 2.00 bits per heavy atom. The molecule has 0 radical (unpaired) electrons. The summed E-state index contributed by atoms with van der Waals surface area (Å²) in [6.45, 7) is 4.53. The highest BCUT2D eigenvalue weighted by molar-refractivity contribution is 6.00. The maximum absolute atomic E-state index is 11.6. The van der Waals surface area contributed by atoms with Crippen molar-refractivity contribution in [2.24, 2.45) is 5.73 Å². The fourth-order valence-corrected chi connectivity index (χ4v) is 2.59. The predicted molar refractivity (Wildman–Crippen MR) is 78.4 cm³/mol. The highest BCUT2D eigenvalue weighted by Crippen LogP contribution is 2.31. The molecule has 0 aliphatic carbocycles. The lowest BCUT2D eigenvalue weighted by molar-refractivity contribution is 0.100. The number of benzene rings is 1. The molecule has 5 nitrogen and oxygen atoms in total. The molecule has 3 rings (SSSR count). The summed E-state index contributed by atoms with van der Waals surface area (Å²) in [5.41, 5.74) is 9.81. The molecule has 20 heavy (non-hydrogen) atoms. The van der Waals surface area contributed by atoms with Gasteiger partial charge in [-0.3, -0.25) is 4.79 Å². The fraction of sp³-hybridized carbons (Fsp3) is 0.200. The first-order chi connectivity index (χ1) is 9.59. The number of primary amides is 1. The normalized spacial score (nSPS) is 13.9. The number of nitrogens with one attached hydrogen (secondary N) is 1. The van der Waals surface area contributed by atoms with E-state index in [2.05, 4.69) is 17.3 Å². The molecule has 0 saturated heterocycles. The van der Waals surface area contributed by atoms with Crippen LogP contribution < -0.4 is 11.1 Å². The number of nitrogens with two attached hydrogens (primary N) is 1. The summed E-state index contributed by atoms with van der Waals surface area (Å²) < 4.78 is 1.78. The third kappa shape index (κ3) is 1.79. The van der Waals surface area contributed by atoms with Gasteiger partial charge < -0.3 is 11.1 Å². The lowest BCUT2D eigenvalue weighted by Crippen LogP contribution is -2.21. The van der Waals surface area contributed by atoms with E-state index in [4.69, 9.17) is 5.73 Å². The van der Waals surface area contributed by atoms with Crippen LogP contribution in [-0.2, 0) is 0 Å². The van der Waals surface area contributed by atoms with Crippen LogP contribution in [0.15, 0.2) is 35.9 Å². The minimum atomic E-state index is -0.455. The van der Waals surface area contributed by atoms with Crippen LogP contribution in [0, 0.1) is 6.92 Å². The lowest BCUT2D eigenvalue weighted by atomic mass is 10.1. The van der Waals surface area contributed by atoms with Gasteiger partial charge in [0.25, 0.3) is 5.91 Å². The lowest BCUT2D eigenvalue weighted by Gasteiger charge is -2.22. The van der Waals surface area contributed by atoms with Crippen LogP contribution in [-0.4, -0.2) is 22.2 Å². The van der Waals surface area contributed by atoms with Gasteiger partial charge in [0.2, 0.25) is 0 Å². The summed E-state index contributed by atoms with van der Waals surface area (Å²) in [7, 11) is 0. The monoisotopic (exact) mass is 268 g/mol. The van der Waals surface area contributed by atoms with Crippen molar-refractivity contribution in [3.63, 3.8) is 0 Å². The van der Waals surface area contributed by atoms with E-state index in [1.807, 2.05) is 30.3 Å². The van der Waals surface area contributed by atoms with E-state index < -0.39 is 5.91 Å². The number of carbonyl (C=O) groups excluding carboxylic acids is 1. The number of aryl methyl sites for hydroxylation is 1. The molecule has 5 heteroatoms. The average molecular weight is 268 g/mol. The molecule has 1 aliphatic rings. The Labute approximate surface area is 117 Å². The number of aromatic nitrogens is 2. The molecule has 0 unspecified atom stereocenters. The van der Waals surface area contributed by atoms with Crippen molar-refractivity contribution in [3.05, 3.63) is 52.7 Å². The highest BCUT2D eigenvalue weighted by Gasteiger charge is 2.25. The minimum Gasteiger partial charge on any atom is -0.365 e. The van der Waals surface area contributed by atoms with Gasteiger partial charge in [-0.15, -0.1) is 0 Å². The van der Waals surface area contributed by atoms with Crippen LogP contribution in [0.3, 0.4) is 0 Å². The Kier molecular flexibility index (Phi) is 2.82. The van der Waals surface area contributed by atoms with Crippen molar-refractivity contribution < 1.29 is 4.79 Å². The van der Waals surface area contributed by atoms with Gasteiger partial charge in [0.15, 0.2) is 0 Å². The van der Waals surface area contributed by atoms with Crippen molar-refractivity contribution in [2.75, 3.05) is 11.9 Å². The maximum atomic E-state index is 11.6. The molecule has 0 spiro atoms. The molecular formula is C15H16N4O. The zero-order valence-corrected chi connectivity index (χ0v) is 11.5. The Bertz CT molecular complexity index is 713. The van der Waals surface area contributed by atoms with Gasteiger partial charge in [-0.2, -0.15) is 5.10 Å². The van der Waals surface area contributed by atoms with Gasteiger partial charge in [0.05, 0.1) is 11.4 Å². The summed E-state index contributed by atoms with van der Waals surface area (Å²) in [6.07, 6.45) is 0. The second-order valence-electron chi connectivity index (χ2n) is 4.93. The van der Waals surface area contributed by atoms with Crippen LogP contribution in [0.25, 0.3) is 5.70 Å². The predicted octanol–water partition coefficient (Wildman–Crippen LogP) is 2.00. The molecule has 1 amide bonds. The number of hydrogen-bond acceptors (Lipinski definition) is 3. The zero-order valence-electron chi connectivity index (χ0n) is 11.5. The molecule has 0 atom stereocenters. The largest absolute Gasteiger partial charge is 0.365 e. The van der Waals surface area contributed by atoms with Crippen molar-refractivity contribution in [2.45, 2.75) is 13.8 Å². The first-order valence-electron chi connectivity index (χ1n) is 6.48. The molecule has 0 saturated carbocycles. The van der Waals surface area contributed by atoms with Gasteiger partial charge in [0.1, 0.15) is 11.4 Å². The molecule has 2 aromatic rings. The zero-order chi connectivity index (χ0) is 14.3. The van der Waals surface area contributed by atoms with E-state index in [-0.39, 0.29) is 0 Å². The van der Waals surface area contributed by atoms with Crippen molar-refractivity contribution in [3.8, 4) is 0 Å². The van der Waals surface area contributed by atoms with Crippen LogP contribution in [0.2, 0.25) is 0 Å². The van der Waals surface area contributed by atoms with Gasteiger partial charge in [-0.1, -0.05) is 30.3 Å². The minimum absolute atomic E-state index is 0.455. The van der Waals surface area contributed by atoms with Crippen LogP contribution in [0.5, 0.6) is 0 Å². The van der Waals surface area contributed by atoms with Crippen molar-refractivity contribution in [1.82, 2.24) is 9.78 Å². The third-order valence-electron chi connectivity index (χ3n) is 3.49. The second-order valence-corrected chi connectivity index (χ2v) is 4.93. The van der Waals surface area contributed by atoms with E-state index in [1.165, 1.54) is 5.57 Å². The van der Waals surface area contributed by atoms with Gasteiger partial charge >= 0.3 is 0 Å². The smallest absolute Gasteiger partial charge is 0.254 e. The third-order valence-corrected chi connectivity index (χ3v) is 3.49. The molecule has 0 bridgehead atoms. The second kappa shape index (κ2) is 4.52. The number of hydrogen-bond donors (Lipinski definition) is 2. The molecule has 0 fully saturated rings. The average Bonchev–Trinajstić information content (AvgIpc) is 2.75. The van der Waals surface area contributed by atoms with E-state index in [0.717, 1.165) is 11.3 Å². The molecular weight excluding hydrogens is 252 g/mol. The van der Waals surface area contributed by atoms with E-state index in [9.17, 15) is 4.79 Å². The Balaban J connectivity index is 2.24. The maximum Gasteiger partial charge on any atom is 0.254 e. The van der Waals surface area contributed by atoms with Crippen molar-refractivity contribution >= 4 is 17.4 Å². The first kappa shape index (κ1) is 12.5. The standard InChI is InChI=1S/C15H16N4O/c1-9-8-17-15-12(14(16)20)10(2)18-19(15)13(9)11-6-4-3-5-7-11/h3-7,17H,8H2,1-2H3,(H2,16,20). The van der Waals surface area contributed by atoms with Crippen LogP contribution >= 0.6 is 0 Å². The Morgan fingerprint density at radius 3 is 2.65 bits per heavy atom. The summed E-state index contributed by atoms with van der Waals surface area (Å²) in [6, 6.07) is 10.0. The van der Waals surface area contributed by atoms with Gasteiger partial charge in [0, 0.05) is 12.1 Å². The van der Waals surface area contributed by atoms with E-state index in [0.29, 0.717) is 23.6 Å². The van der Waals surface area contributed by atoms with E-state index in [1.54, 1.807) is 11.6 Å². The number of amides is 1. The number of nitrogens with zero attached hydrogens (tertiary/aromatic N) is 2. The fourth-order valence-electron chi connectivity index (χ4n) is 2.59. The molecule has 2 heterocycles. The van der Waals surface area contributed by atoms with Gasteiger partial charge in [-0.05, 0) is 19.4 Å². The summed E-state index contributed by atoms with van der Waals surface area (Å²) in [5.74, 6) is 0.225. The molecule has 1 aromatic carbocycles. The highest BCUT2D eigenvalue weighted by atomic mass is 16.1. The summed E-state index contributed by atoms with van der Waals surface area (Å²) in [5, 5.41) is 7.70. The topological polar surface area (TPSA) is 72.9 Å². The quantitative estimate of drug-likeness (QED) is 0.875. The van der Waals surface area contributed by atoms with E-state index >= 15 is 0 Å². The Morgan fingerprint density at radius 1 is 1.30 bits per heavy atom. The van der Waals surface area contributed by atoms with Gasteiger partial charge in [-0.25, -0.2) is 4.68 Å². The number of rotatable bonds is 2. The SMILES string of the molecule is CC1=C(c2ccccc2)n2nc(C)c(C(N)=O)c2NC1. The first-order valence-corrected chi connectivity index (χ1v) is 6.48. The molecule has 102 valence electrons. The molecule has 1 aromatic heterocycles. The summed E-state index contributed by atoms with van der Waals surface area (Å²) in [4.78, 5) is 11.6.